The Bertz CT molecular complexity index is 349. The summed E-state index contributed by atoms with van der Waals surface area (Å²) in [4.78, 5) is 11.0. The molecule has 0 N–H and O–H groups in total. The van der Waals surface area contributed by atoms with Gasteiger partial charge in [-0.1, -0.05) is 57.1 Å². The summed E-state index contributed by atoms with van der Waals surface area (Å²) in [6.45, 7) is 9.16. The number of halogens is 1. The number of hydrogen-bond acceptors (Lipinski definition) is 1. The van der Waals surface area contributed by atoms with Crippen molar-refractivity contribution in [2.75, 3.05) is 0 Å². The van der Waals surface area contributed by atoms with Crippen molar-refractivity contribution in [2.45, 2.75) is 38.8 Å². The molecule has 0 saturated heterocycles. The summed E-state index contributed by atoms with van der Waals surface area (Å²) in [5.41, 5.74) is 2.06. The molecule has 0 bridgehead atoms. The van der Waals surface area contributed by atoms with Crippen LogP contribution in [0.1, 0.15) is 38.1 Å². The highest BCUT2D eigenvalue weighted by Gasteiger charge is 2.21. The van der Waals surface area contributed by atoms with E-state index in [4.69, 9.17) is 11.6 Å². The summed E-state index contributed by atoms with van der Waals surface area (Å²) in [6, 6.07) is 7.84. The molecule has 0 radical (unpaired) electrons. The normalized spacial score (nSPS) is 11.5. The van der Waals surface area contributed by atoms with Gasteiger partial charge in [-0.3, -0.25) is 4.79 Å². The number of rotatable bonds is 4. The Kier molecular flexibility index (Phi) is 4.75. The van der Waals surface area contributed by atoms with E-state index < -0.39 is 8.80 Å². The van der Waals surface area contributed by atoms with Gasteiger partial charge in [-0.25, -0.2) is 0 Å². The average molecular weight is 255 g/mol. The van der Waals surface area contributed by atoms with Gasteiger partial charge in [-0.05, 0) is 22.7 Å². The molecule has 1 nitrogen and oxygen atoms in total. The maximum Gasteiger partial charge on any atom is 0.252 e. The third kappa shape index (κ3) is 3.19. The minimum atomic E-state index is -0.945. The first-order valence-electron chi connectivity index (χ1n) is 5.73. The number of carbonyl (C=O) groups is 1. The first kappa shape index (κ1) is 13.5. The fraction of sp³-hybridized carbons (Fsp3) is 0.462. The number of carbonyl (C=O) groups excluding carboxylic acids is 1. The highest BCUT2D eigenvalue weighted by Crippen LogP contribution is 2.20. The molecule has 0 spiro atoms. The predicted molar refractivity (Wildman–Crippen MR) is 73.6 cm³/mol. The SMILES string of the molecule is CC(C)[SiH](c1ccc(C(=O)Cl)cc1)C(C)C. The summed E-state index contributed by atoms with van der Waals surface area (Å²) in [5.74, 6) is 0. The van der Waals surface area contributed by atoms with E-state index in [0.717, 1.165) is 11.1 Å². The van der Waals surface area contributed by atoms with Gasteiger partial charge in [0.05, 0.1) is 8.80 Å². The second-order valence-corrected chi connectivity index (χ2v) is 9.64. The lowest BCUT2D eigenvalue weighted by atomic mass is 10.2. The van der Waals surface area contributed by atoms with Crippen LogP contribution in [0.15, 0.2) is 24.3 Å². The van der Waals surface area contributed by atoms with Crippen molar-refractivity contribution in [3.8, 4) is 0 Å². The van der Waals surface area contributed by atoms with Gasteiger partial charge in [-0.2, -0.15) is 0 Å². The summed E-state index contributed by atoms with van der Waals surface area (Å²) in [6.07, 6.45) is 0. The zero-order valence-corrected chi connectivity index (χ0v) is 12.2. The van der Waals surface area contributed by atoms with Crippen LogP contribution in [0.25, 0.3) is 0 Å². The third-order valence-electron chi connectivity index (χ3n) is 2.96. The summed E-state index contributed by atoms with van der Waals surface area (Å²) >= 11 is 5.43. The van der Waals surface area contributed by atoms with Crippen LogP contribution in [0, 0.1) is 0 Å². The summed E-state index contributed by atoms with van der Waals surface area (Å²) in [7, 11) is -0.945. The molecule has 0 amide bonds. The lowest BCUT2D eigenvalue weighted by Crippen LogP contribution is -2.35. The van der Waals surface area contributed by atoms with Crippen molar-refractivity contribution in [2.24, 2.45) is 0 Å². The first-order chi connectivity index (χ1) is 7.43. The molecular weight excluding hydrogens is 236 g/mol. The average Bonchev–Trinajstić information content (AvgIpc) is 2.17. The van der Waals surface area contributed by atoms with Crippen molar-refractivity contribution in [3.05, 3.63) is 29.8 Å². The fourth-order valence-corrected chi connectivity index (χ4v) is 6.22. The molecule has 0 aliphatic heterocycles. The minimum absolute atomic E-state index is 0.376. The Balaban J connectivity index is 2.99. The standard InChI is InChI=1S/C13H19ClOSi/c1-9(2)16(10(3)4)12-7-5-11(6-8-12)13(14)15/h5-10,16H,1-4H3. The zero-order chi connectivity index (χ0) is 12.3. The summed E-state index contributed by atoms with van der Waals surface area (Å²) in [5, 5.41) is 1.05. The van der Waals surface area contributed by atoms with Crippen LogP contribution >= 0.6 is 11.6 Å². The maximum absolute atomic E-state index is 11.0. The predicted octanol–water partition coefficient (Wildman–Crippen LogP) is 3.32. The smallest absolute Gasteiger partial charge is 0.252 e. The molecule has 0 atom stereocenters. The third-order valence-corrected chi connectivity index (χ3v) is 7.20. The van der Waals surface area contributed by atoms with Gasteiger partial charge in [0, 0.05) is 5.56 Å². The number of benzene rings is 1. The molecule has 1 aromatic rings. The number of hydrogen-bond donors (Lipinski definition) is 0. The second-order valence-electron chi connectivity index (χ2n) is 4.91. The topological polar surface area (TPSA) is 17.1 Å². The van der Waals surface area contributed by atoms with E-state index in [9.17, 15) is 4.79 Å². The molecule has 0 saturated carbocycles. The van der Waals surface area contributed by atoms with E-state index in [1.807, 2.05) is 12.1 Å². The lowest BCUT2D eigenvalue weighted by Gasteiger charge is -2.23. The summed E-state index contributed by atoms with van der Waals surface area (Å²) < 4.78 is 0. The van der Waals surface area contributed by atoms with Gasteiger partial charge in [0.2, 0.25) is 0 Å². The maximum atomic E-state index is 11.0. The Labute approximate surface area is 104 Å². The van der Waals surface area contributed by atoms with Gasteiger partial charge < -0.3 is 0 Å². The second kappa shape index (κ2) is 5.64. The van der Waals surface area contributed by atoms with Gasteiger partial charge >= 0.3 is 0 Å². The van der Waals surface area contributed by atoms with Crippen molar-refractivity contribution in [3.63, 3.8) is 0 Å². The first-order valence-corrected chi connectivity index (χ1v) is 8.02. The Morgan fingerprint density at radius 3 is 1.81 bits per heavy atom. The molecule has 16 heavy (non-hydrogen) atoms. The van der Waals surface area contributed by atoms with E-state index in [0.29, 0.717) is 5.56 Å². The highest BCUT2D eigenvalue weighted by molar-refractivity contribution is 6.75. The molecule has 0 unspecified atom stereocenters. The Hall–Kier alpha value is -0.603. The lowest BCUT2D eigenvalue weighted by molar-refractivity contribution is 0.108. The van der Waals surface area contributed by atoms with E-state index >= 15 is 0 Å². The van der Waals surface area contributed by atoms with Gasteiger partial charge in [0.15, 0.2) is 0 Å². The molecule has 1 aromatic carbocycles. The van der Waals surface area contributed by atoms with Crippen LogP contribution in [-0.2, 0) is 0 Å². The van der Waals surface area contributed by atoms with Crippen LogP contribution in [-0.4, -0.2) is 14.0 Å². The molecule has 0 aromatic heterocycles. The molecule has 3 heteroatoms. The highest BCUT2D eigenvalue weighted by atomic mass is 35.5. The van der Waals surface area contributed by atoms with Crippen LogP contribution < -0.4 is 5.19 Å². The molecule has 0 fully saturated rings. The molecule has 0 aliphatic carbocycles. The van der Waals surface area contributed by atoms with Crippen molar-refractivity contribution >= 4 is 30.8 Å². The molecule has 0 heterocycles. The minimum Gasteiger partial charge on any atom is -0.276 e. The van der Waals surface area contributed by atoms with Crippen LogP contribution in [0.4, 0.5) is 0 Å². The van der Waals surface area contributed by atoms with Crippen LogP contribution in [0.3, 0.4) is 0 Å². The van der Waals surface area contributed by atoms with E-state index in [1.165, 1.54) is 5.19 Å². The van der Waals surface area contributed by atoms with E-state index in [-0.39, 0.29) is 5.24 Å². The monoisotopic (exact) mass is 254 g/mol. The van der Waals surface area contributed by atoms with Crippen molar-refractivity contribution in [1.29, 1.82) is 0 Å². The largest absolute Gasteiger partial charge is 0.276 e. The molecule has 0 aliphatic rings. The van der Waals surface area contributed by atoms with Crippen LogP contribution in [0.5, 0.6) is 0 Å². The fourth-order valence-electron chi connectivity index (χ4n) is 2.38. The van der Waals surface area contributed by atoms with Crippen molar-refractivity contribution < 1.29 is 4.79 Å². The Morgan fingerprint density at radius 2 is 1.50 bits per heavy atom. The quantitative estimate of drug-likeness (QED) is 0.595. The molecular formula is C13H19ClOSi. The van der Waals surface area contributed by atoms with E-state index in [1.54, 1.807) is 0 Å². The van der Waals surface area contributed by atoms with Gasteiger partial charge in [-0.15, -0.1) is 0 Å². The molecule has 1 rings (SSSR count). The van der Waals surface area contributed by atoms with Gasteiger partial charge in [0.25, 0.3) is 5.24 Å². The van der Waals surface area contributed by atoms with Crippen LogP contribution in [0.2, 0.25) is 11.1 Å². The molecule has 88 valence electrons. The van der Waals surface area contributed by atoms with E-state index in [2.05, 4.69) is 39.8 Å². The van der Waals surface area contributed by atoms with Gasteiger partial charge in [0.1, 0.15) is 0 Å². The van der Waals surface area contributed by atoms with Crippen molar-refractivity contribution in [1.82, 2.24) is 0 Å². The zero-order valence-electron chi connectivity index (χ0n) is 10.3. The Morgan fingerprint density at radius 1 is 1.06 bits per heavy atom.